The topological polar surface area (TPSA) is 41.6 Å². The zero-order valence-corrected chi connectivity index (χ0v) is 13.5. The molecule has 0 aliphatic carbocycles. The number of halogens is 1. The fourth-order valence-corrected chi connectivity index (χ4v) is 2.58. The lowest BCUT2D eigenvalue weighted by molar-refractivity contribution is 0.628. The van der Waals surface area contributed by atoms with Crippen molar-refractivity contribution in [3.05, 3.63) is 82.4 Å². The molecule has 0 saturated heterocycles. The van der Waals surface area contributed by atoms with E-state index in [0.717, 1.165) is 28.2 Å². The van der Waals surface area contributed by atoms with Crippen LogP contribution in [-0.2, 0) is 0 Å². The SMILES string of the molecule is Cc1nn(-c2ccc(C#N)cc2)c(C)c1C=Cc1ccc(F)cc1. The number of aromatic nitrogens is 2. The third-order valence-corrected chi connectivity index (χ3v) is 3.90. The van der Waals surface area contributed by atoms with Gasteiger partial charge in [0.05, 0.1) is 23.0 Å². The molecular formula is C20H16FN3. The van der Waals surface area contributed by atoms with Gasteiger partial charge in [-0.2, -0.15) is 10.4 Å². The molecule has 3 rings (SSSR count). The molecule has 0 N–H and O–H groups in total. The first-order valence-corrected chi connectivity index (χ1v) is 7.59. The highest BCUT2D eigenvalue weighted by atomic mass is 19.1. The van der Waals surface area contributed by atoms with Crippen LogP contribution >= 0.6 is 0 Å². The lowest BCUT2D eigenvalue weighted by Crippen LogP contribution is -1.99. The number of nitriles is 1. The molecule has 118 valence electrons. The summed E-state index contributed by atoms with van der Waals surface area (Å²) in [6, 6.07) is 15.8. The summed E-state index contributed by atoms with van der Waals surface area (Å²) in [5, 5.41) is 13.5. The first-order chi connectivity index (χ1) is 11.6. The maximum absolute atomic E-state index is 13.0. The van der Waals surface area contributed by atoms with Crippen molar-refractivity contribution in [1.82, 2.24) is 9.78 Å². The van der Waals surface area contributed by atoms with E-state index in [-0.39, 0.29) is 5.82 Å². The first kappa shape index (κ1) is 15.7. The summed E-state index contributed by atoms with van der Waals surface area (Å²) in [6.07, 6.45) is 3.94. The molecule has 0 fully saturated rings. The zero-order valence-electron chi connectivity index (χ0n) is 13.5. The Morgan fingerprint density at radius 3 is 2.29 bits per heavy atom. The van der Waals surface area contributed by atoms with E-state index >= 15 is 0 Å². The minimum atomic E-state index is -0.242. The Balaban J connectivity index is 1.94. The second-order valence-electron chi connectivity index (χ2n) is 5.54. The van der Waals surface area contributed by atoms with Crippen LogP contribution in [0.4, 0.5) is 4.39 Å². The third-order valence-electron chi connectivity index (χ3n) is 3.90. The number of hydrogen-bond donors (Lipinski definition) is 0. The molecule has 0 spiro atoms. The van der Waals surface area contributed by atoms with E-state index in [0.29, 0.717) is 5.56 Å². The average Bonchev–Trinajstić information content (AvgIpc) is 2.89. The van der Waals surface area contributed by atoms with Crippen molar-refractivity contribution in [1.29, 1.82) is 5.26 Å². The molecule has 3 aromatic rings. The molecule has 24 heavy (non-hydrogen) atoms. The second-order valence-corrected chi connectivity index (χ2v) is 5.54. The predicted molar refractivity (Wildman–Crippen MR) is 93.1 cm³/mol. The van der Waals surface area contributed by atoms with Gasteiger partial charge in [-0.15, -0.1) is 0 Å². The Labute approximate surface area is 140 Å². The molecule has 0 unspecified atom stereocenters. The van der Waals surface area contributed by atoms with Crippen molar-refractivity contribution in [3.8, 4) is 11.8 Å². The fraction of sp³-hybridized carbons (Fsp3) is 0.100. The van der Waals surface area contributed by atoms with Crippen LogP contribution in [0, 0.1) is 31.0 Å². The molecule has 1 aromatic heterocycles. The summed E-state index contributed by atoms with van der Waals surface area (Å²) in [6.45, 7) is 3.96. The van der Waals surface area contributed by atoms with Gasteiger partial charge in [0.25, 0.3) is 0 Å². The van der Waals surface area contributed by atoms with Crippen LogP contribution in [0.1, 0.15) is 28.1 Å². The van der Waals surface area contributed by atoms with Crippen molar-refractivity contribution in [2.24, 2.45) is 0 Å². The lowest BCUT2D eigenvalue weighted by Gasteiger charge is -2.04. The molecule has 0 atom stereocenters. The monoisotopic (exact) mass is 317 g/mol. The zero-order chi connectivity index (χ0) is 17.1. The van der Waals surface area contributed by atoms with Gasteiger partial charge in [-0.05, 0) is 55.8 Å². The number of benzene rings is 2. The summed E-state index contributed by atoms with van der Waals surface area (Å²) in [7, 11) is 0. The normalized spacial score (nSPS) is 10.9. The van der Waals surface area contributed by atoms with Crippen molar-refractivity contribution < 1.29 is 4.39 Å². The number of rotatable bonds is 3. The number of aryl methyl sites for hydroxylation is 1. The Morgan fingerprint density at radius 2 is 1.67 bits per heavy atom. The van der Waals surface area contributed by atoms with Gasteiger partial charge >= 0.3 is 0 Å². The maximum atomic E-state index is 13.0. The van der Waals surface area contributed by atoms with Crippen molar-refractivity contribution >= 4 is 12.2 Å². The van der Waals surface area contributed by atoms with Gasteiger partial charge in [0, 0.05) is 11.3 Å². The number of nitrogens with zero attached hydrogens (tertiary/aromatic N) is 3. The highest BCUT2D eigenvalue weighted by molar-refractivity contribution is 5.72. The van der Waals surface area contributed by atoms with Gasteiger partial charge in [0.15, 0.2) is 0 Å². The molecule has 0 radical (unpaired) electrons. The molecule has 4 heteroatoms. The maximum Gasteiger partial charge on any atom is 0.123 e. The summed E-state index contributed by atoms with van der Waals surface area (Å²) in [5.74, 6) is -0.242. The van der Waals surface area contributed by atoms with E-state index in [2.05, 4.69) is 11.2 Å². The van der Waals surface area contributed by atoms with Gasteiger partial charge in [-0.3, -0.25) is 0 Å². The highest BCUT2D eigenvalue weighted by Gasteiger charge is 2.10. The van der Waals surface area contributed by atoms with E-state index in [4.69, 9.17) is 5.26 Å². The summed E-state index contributed by atoms with van der Waals surface area (Å²) < 4.78 is 14.8. The molecule has 3 nitrogen and oxygen atoms in total. The van der Waals surface area contributed by atoms with Crippen LogP contribution < -0.4 is 0 Å². The van der Waals surface area contributed by atoms with Crippen molar-refractivity contribution in [3.63, 3.8) is 0 Å². The van der Waals surface area contributed by atoms with Gasteiger partial charge in [0.1, 0.15) is 5.82 Å². The number of hydrogen-bond acceptors (Lipinski definition) is 2. The van der Waals surface area contributed by atoms with Crippen molar-refractivity contribution in [2.45, 2.75) is 13.8 Å². The molecule has 0 saturated carbocycles. The first-order valence-electron chi connectivity index (χ1n) is 7.59. The van der Waals surface area contributed by atoms with Crippen LogP contribution in [0.15, 0.2) is 48.5 Å². The second kappa shape index (κ2) is 6.51. The van der Waals surface area contributed by atoms with Gasteiger partial charge < -0.3 is 0 Å². The minimum Gasteiger partial charge on any atom is -0.237 e. The van der Waals surface area contributed by atoms with Gasteiger partial charge in [-0.1, -0.05) is 24.3 Å². The van der Waals surface area contributed by atoms with E-state index < -0.39 is 0 Å². The summed E-state index contributed by atoms with van der Waals surface area (Å²) in [4.78, 5) is 0. The van der Waals surface area contributed by atoms with E-state index in [9.17, 15) is 4.39 Å². The molecule has 0 amide bonds. The lowest BCUT2D eigenvalue weighted by atomic mass is 10.1. The van der Waals surface area contributed by atoms with E-state index in [1.165, 1.54) is 12.1 Å². The van der Waals surface area contributed by atoms with Crippen molar-refractivity contribution in [2.75, 3.05) is 0 Å². The van der Waals surface area contributed by atoms with Crippen LogP contribution in [0.2, 0.25) is 0 Å². The molecule has 0 aliphatic heterocycles. The minimum absolute atomic E-state index is 0.242. The van der Waals surface area contributed by atoms with E-state index in [1.807, 2.05) is 42.8 Å². The van der Waals surface area contributed by atoms with Crippen LogP contribution in [0.25, 0.3) is 17.8 Å². The van der Waals surface area contributed by atoms with Crippen LogP contribution in [0.5, 0.6) is 0 Å². The quantitative estimate of drug-likeness (QED) is 0.704. The molecule has 0 bridgehead atoms. The van der Waals surface area contributed by atoms with Gasteiger partial charge in [0.2, 0.25) is 0 Å². The molecule has 2 aromatic carbocycles. The molecule has 0 aliphatic rings. The Kier molecular flexibility index (Phi) is 4.26. The smallest absolute Gasteiger partial charge is 0.123 e. The molecular weight excluding hydrogens is 301 g/mol. The largest absolute Gasteiger partial charge is 0.237 e. The van der Waals surface area contributed by atoms with Crippen LogP contribution in [0.3, 0.4) is 0 Å². The van der Waals surface area contributed by atoms with E-state index in [1.54, 1.807) is 24.3 Å². The Bertz CT molecular complexity index is 927. The summed E-state index contributed by atoms with van der Waals surface area (Å²) in [5.41, 5.74) is 5.42. The van der Waals surface area contributed by atoms with Crippen LogP contribution in [-0.4, -0.2) is 9.78 Å². The summed E-state index contributed by atoms with van der Waals surface area (Å²) >= 11 is 0. The fourth-order valence-electron chi connectivity index (χ4n) is 2.58. The highest BCUT2D eigenvalue weighted by Crippen LogP contribution is 2.20. The molecule has 1 heterocycles. The Morgan fingerprint density at radius 1 is 1.00 bits per heavy atom. The van der Waals surface area contributed by atoms with Gasteiger partial charge in [-0.25, -0.2) is 9.07 Å². The predicted octanol–water partition coefficient (Wildman–Crippen LogP) is 4.67. The Hall–Kier alpha value is -3.19. The average molecular weight is 317 g/mol. The standard InChI is InChI=1S/C20H16FN3/c1-14-20(12-7-16-3-8-18(21)9-4-16)15(2)24(23-14)19-10-5-17(13-22)6-11-19/h3-12H,1-2H3. The third kappa shape index (κ3) is 3.11.